The molecule has 2 heterocycles. The highest BCUT2D eigenvalue weighted by molar-refractivity contribution is 5.95. The molecule has 0 saturated carbocycles. The van der Waals surface area contributed by atoms with Gasteiger partial charge in [0.25, 0.3) is 0 Å². The van der Waals surface area contributed by atoms with Crippen LogP contribution in [0.2, 0.25) is 0 Å². The van der Waals surface area contributed by atoms with Gasteiger partial charge in [-0.15, -0.1) is 0 Å². The predicted molar refractivity (Wildman–Crippen MR) is 46.6 cm³/mol. The quantitative estimate of drug-likeness (QED) is 0.668. The molecule has 5 heteroatoms. The van der Waals surface area contributed by atoms with E-state index < -0.39 is 5.97 Å². The molecule has 66 valence electrons. The Morgan fingerprint density at radius 3 is 3.08 bits per heavy atom. The van der Waals surface area contributed by atoms with Crippen molar-refractivity contribution in [2.45, 2.75) is 0 Å². The van der Waals surface area contributed by atoms with Gasteiger partial charge < -0.3 is 10.8 Å². The average Bonchev–Trinajstić information content (AvgIpc) is 2.46. The zero-order chi connectivity index (χ0) is 9.42. The lowest BCUT2D eigenvalue weighted by molar-refractivity contribution is 0.0699. The van der Waals surface area contributed by atoms with Crippen LogP contribution in [0.1, 0.15) is 10.4 Å². The third-order valence-corrected chi connectivity index (χ3v) is 1.78. The number of rotatable bonds is 1. The van der Waals surface area contributed by atoms with Crippen molar-refractivity contribution in [2.75, 3.05) is 5.73 Å². The van der Waals surface area contributed by atoms with Crippen molar-refractivity contribution in [3.63, 3.8) is 0 Å². The summed E-state index contributed by atoms with van der Waals surface area (Å²) in [6.45, 7) is 0. The second-order valence-corrected chi connectivity index (χ2v) is 2.65. The zero-order valence-corrected chi connectivity index (χ0v) is 6.64. The highest BCUT2D eigenvalue weighted by Gasteiger charge is 2.10. The SMILES string of the molecule is Nc1ccn2ncc(C(=O)O)c2c1. The molecule has 0 unspecified atom stereocenters. The zero-order valence-electron chi connectivity index (χ0n) is 6.64. The van der Waals surface area contributed by atoms with E-state index in [1.807, 2.05) is 0 Å². The molecular weight excluding hydrogens is 170 g/mol. The molecule has 0 spiro atoms. The summed E-state index contributed by atoms with van der Waals surface area (Å²) in [4.78, 5) is 10.7. The van der Waals surface area contributed by atoms with Gasteiger partial charge in [0.1, 0.15) is 5.56 Å². The maximum absolute atomic E-state index is 10.7. The highest BCUT2D eigenvalue weighted by Crippen LogP contribution is 2.13. The Kier molecular flexibility index (Phi) is 1.45. The van der Waals surface area contributed by atoms with Crippen LogP contribution in [0, 0.1) is 0 Å². The fourth-order valence-electron chi connectivity index (χ4n) is 1.16. The van der Waals surface area contributed by atoms with E-state index in [-0.39, 0.29) is 5.56 Å². The number of nitrogens with two attached hydrogens (primary N) is 1. The van der Waals surface area contributed by atoms with E-state index in [1.54, 1.807) is 18.3 Å². The maximum Gasteiger partial charge on any atom is 0.339 e. The molecule has 0 bridgehead atoms. The first-order chi connectivity index (χ1) is 6.18. The van der Waals surface area contributed by atoms with Crippen LogP contribution >= 0.6 is 0 Å². The summed E-state index contributed by atoms with van der Waals surface area (Å²) in [5.74, 6) is -0.999. The Balaban J connectivity index is 2.79. The average molecular weight is 177 g/mol. The van der Waals surface area contributed by atoms with E-state index in [0.29, 0.717) is 11.2 Å². The number of pyridine rings is 1. The normalized spacial score (nSPS) is 10.5. The van der Waals surface area contributed by atoms with Crippen LogP contribution < -0.4 is 5.73 Å². The number of carbonyl (C=O) groups is 1. The molecule has 3 N–H and O–H groups in total. The van der Waals surface area contributed by atoms with Crippen molar-refractivity contribution in [1.29, 1.82) is 0 Å². The number of aromatic nitrogens is 2. The van der Waals surface area contributed by atoms with E-state index in [2.05, 4.69) is 5.10 Å². The van der Waals surface area contributed by atoms with Crippen molar-refractivity contribution in [3.05, 3.63) is 30.1 Å². The molecule has 0 aliphatic carbocycles. The Morgan fingerprint density at radius 1 is 1.62 bits per heavy atom. The predicted octanol–water partition coefficient (Wildman–Crippen LogP) is 0.615. The highest BCUT2D eigenvalue weighted by atomic mass is 16.4. The summed E-state index contributed by atoms with van der Waals surface area (Å²) < 4.78 is 1.47. The van der Waals surface area contributed by atoms with Crippen LogP contribution in [0.15, 0.2) is 24.5 Å². The standard InChI is InChI=1S/C8H7N3O2/c9-5-1-2-11-7(3-5)6(4-10-11)8(12)13/h1-4H,9H2,(H,12,13). The summed E-state index contributed by atoms with van der Waals surface area (Å²) in [6.07, 6.45) is 2.92. The fourth-order valence-corrected chi connectivity index (χ4v) is 1.16. The lowest BCUT2D eigenvalue weighted by Crippen LogP contribution is -1.96. The van der Waals surface area contributed by atoms with Crippen molar-refractivity contribution in [3.8, 4) is 0 Å². The van der Waals surface area contributed by atoms with Crippen LogP contribution in [0.25, 0.3) is 5.52 Å². The van der Waals surface area contributed by atoms with E-state index in [9.17, 15) is 4.79 Å². The molecular formula is C8H7N3O2. The first-order valence-electron chi connectivity index (χ1n) is 3.64. The van der Waals surface area contributed by atoms with Gasteiger partial charge in [-0.05, 0) is 12.1 Å². The summed E-state index contributed by atoms with van der Waals surface area (Å²) >= 11 is 0. The summed E-state index contributed by atoms with van der Waals surface area (Å²) in [6, 6.07) is 3.24. The number of nitrogens with zero attached hydrogens (tertiary/aromatic N) is 2. The molecule has 5 nitrogen and oxygen atoms in total. The smallest absolute Gasteiger partial charge is 0.339 e. The number of aromatic carboxylic acids is 1. The minimum atomic E-state index is -0.999. The van der Waals surface area contributed by atoms with Crippen molar-refractivity contribution in [2.24, 2.45) is 0 Å². The Labute approximate surface area is 73.4 Å². The third kappa shape index (κ3) is 1.10. The molecule has 0 radical (unpaired) electrons. The molecule has 0 atom stereocenters. The first kappa shape index (κ1) is 7.60. The molecule has 2 aromatic rings. The molecule has 13 heavy (non-hydrogen) atoms. The number of hydrogen-bond donors (Lipinski definition) is 2. The van der Waals surface area contributed by atoms with Gasteiger partial charge in [0.2, 0.25) is 0 Å². The number of nitrogen functional groups attached to an aromatic ring is 1. The first-order valence-corrected chi connectivity index (χ1v) is 3.64. The molecule has 0 aliphatic rings. The van der Waals surface area contributed by atoms with Crippen molar-refractivity contribution in [1.82, 2.24) is 9.61 Å². The summed E-state index contributed by atoms with van der Waals surface area (Å²) in [5.41, 5.74) is 6.71. The van der Waals surface area contributed by atoms with Crippen LogP contribution in [-0.2, 0) is 0 Å². The largest absolute Gasteiger partial charge is 0.478 e. The Bertz CT molecular complexity index is 475. The van der Waals surface area contributed by atoms with E-state index >= 15 is 0 Å². The van der Waals surface area contributed by atoms with Crippen LogP contribution in [0.3, 0.4) is 0 Å². The Morgan fingerprint density at radius 2 is 2.38 bits per heavy atom. The number of carboxylic acids is 1. The maximum atomic E-state index is 10.7. The molecule has 0 saturated heterocycles. The lowest BCUT2D eigenvalue weighted by atomic mass is 10.2. The van der Waals surface area contributed by atoms with Gasteiger partial charge >= 0.3 is 5.97 Å². The van der Waals surface area contributed by atoms with Gasteiger partial charge in [-0.3, -0.25) is 0 Å². The van der Waals surface area contributed by atoms with E-state index in [0.717, 1.165) is 0 Å². The number of hydrogen-bond acceptors (Lipinski definition) is 3. The van der Waals surface area contributed by atoms with Gasteiger partial charge in [-0.2, -0.15) is 5.10 Å². The number of anilines is 1. The molecule has 0 amide bonds. The molecule has 2 rings (SSSR count). The summed E-state index contributed by atoms with van der Waals surface area (Å²) in [5, 5.41) is 12.6. The van der Waals surface area contributed by atoms with Crippen LogP contribution in [0.5, 0.6) is 0 Å². The van der Waals surface area contributed by atoms with Crippen LogP contribution in [-0.4, -0.2) is 20.7 Å². The van der Waals surface area contributed by atoms with Gasteiger partial charge in [-0.1, -0.05) is 0 Å². The van der Waals surface area contributed by atoms with Gasteiger partial charge in [0.05, 0.1) is 11.7 Å². The topological polar surface area (TPSA) is 80.6 Å². The Hall–Kier alpha value is -2.04. The van der Waals surface area contributed by atoms with E-state index in [1.165, 1.54) is 10.7 Å². The molecule has 2 aromatic heterocycles. The third-order valence-electron chi connectivity index (χ3n) is 1.78. The van der Waals surface area contributed by atoms with Crippen molar-refractivity contribution >= 4 is 17.2 Å². The minimum absolute atomic E-state index is 0.160. The summed E-state index contributed by atoms with van der Waals surface area (Å²) in [7, 11) is 0. The van der Waals surface area contributed by atoms with E-state index in [4.69, 9.17) is 10.8 Å². The van der Waals surface area contributed by atoms with Gasteiger partial charge in [-0.25, -0.2) is 9.31 Å². The number of fused-ring (bicyclic) bond motifs is 1. The number of carboxylic acid groups (broad SMARTS) is 1. The fraction of sp³-hybridized carbons (Fsp3) is 0. The van der Waals surface area contributed by atoms with Gasteiger partial charge in [0, 0.05) is 11.9 Å². The second kappa shape index (κ2) is 2.48. The molecule has 0 aromatic carbocycles. The molecule has 0 aliphatic heterocycles. The monoisotopic (exact) mass is 177 g/mol. The van der Waals surface area contributed by atoms with Gasteiger partial charge in [0.15, 0.2) is 0 Å². The van der Waals surface area contributed by atoms with Crippen molar-refractivity contribution < 1.29 is 9.90 Å². The van der Waals surface area contributed by atoms with Crippen LogP contribution in [0.4, 0.5) is 5.69 Å². The minimum Gasteiger partial charge on any atom is -0.478 e. The second-order valence-electron chi connectivity index (χ2n) is 2.65. The molecule has 0 fully saturated rings. The lowest BCUT2D eigenvalue weighted by Gasteiger charge is -1.95.